The monoisotopic (exact) mass is 566 g/mol. The molecule has 3 aliphatic heterocycles. The summed E-state index contributed by atoms with van der Waals surface area (Å²) in [5.41, 5.74) is 3.88. The van der Waals surface area contributed by atoms with Crippen LogP contribution in [-0.2, 0) is 9.59 Å². The van der Waals surface area contributed by atoms with Crippen LogP contribution in [0.2, 0.25) is 5.02 Å². The number of rotatable bonds is 7. The van der Waals surface area contributed by atoms with Crippen LogP contribution >= 0.6 is 11.6 Å². The molecule has 5 rings (SSSR count). The van der Waals surface area contributed by atoms with Gasteiger partial charge in [-0.05, 0) is 69.7 Å². The maximum atomic E-state index is 13.6. The van der Waals surface area contributed by atoms with Crippen LogP contribution in [0.3, 0.4) is 0 Å². The van der Waals surface area contributed by atoms with Crippen molar-refractivity contribution in [2.75, 3.05) is 57.3 Å². The van der Waals surface area contributed by atoms with Crippen LogP contribution in [0.15, 0.2) is 24.5 Å². The molecular formula is C30H39ClN6O3. The predicted octanol–water partition coefficient (Wildman–Crippen LogP) is 3.35. The van der Waals surface area contributed by atoms with E-state index < -0.39 is 0 Å². The van der Waals surface area contributed by atoms with Crippen LogP contribution in [0.25, 0.3) is 0 Å². The summed E-state index contributed by atoms with van der Waals surface area (Å²) in [5, 5.41) is 0.644. The summed E-state index contributed by atoms with van der Waals surface area (Å²) in [4.78, 5) is 55.2. The molecule has 9 nitrogen and oxygen atoms in total. The van der Waals surface area contributed by atoms with E-state index in [9.17, 15) is 14.4 Å². The van der Waals surface area contributed by atoms with Crippen molar-refractivity contribution in [1.82, 2.24) is 24.7 Å². The first-order chi connectivity index (χ1) is 19.1. The van der Waals surface area contributed by atoms with E-state index in [1.54, 1.807) is 11.8 Å². The van der Waals surface area contributed by atoms with E-state index in [1.165, 1.54) is 6.33 Å². The molecule has 0 aliphatic carbocycles. The Kier molecular flexibility index (Phi) is 8.42. The van der Waals surface area contributed by atoms with Crippen molar-refractivity contribution in [1.29, 1.82) is 0 Å². The van der Waals surface area contributed by atoms with Crippen LogP contribution in [0.1, 0.15) is 47.1 Å². The van der Waals surface area contributed by atoms with Crippen LogP contribution in [0.4, 0.5) is 5.69 Å². The van der Waals surface area contributed by atoms with Gasteiger partial charge >= 0.3 is 0 Å². The molecular weight excluding hydrogens is 528 g/mol. The first-order valence-corrected chi connectivity index (χ1v) is 14.6. The number of carbonyl (C=O) groups is 3. The molecule has 40 heavy (non-hydrogen) atoms. The van der Waals surface area contributed by atoms with Crippen LogP contribution in [0, 0.1) is 38.5 Å². The fraction of sp³-hybridized carbons (Fsp3) is 0.567. The maximum absolute atomic E-state index is 13.6. The summed E-state index contributed by atoms with van der Waals surface area (Å²) in [6.07, 6.45) is 3.03. The molecule has 10 heteroatoms. The Bertz CT molecular complexity index is 1270. The third-order valence-electron chi connectivity index (χ3n) is 8.86. The Labute approximate surface area is 241 Å². The number of aryl methyl sites for hydroxylation is 3. The lowest BCUT2D eigenvalue weighted by molar-refractivity contribution is -0.128. The van der Waals surface area contributed by atoms with Crippen LogP contribution in [-0.4, -0.2) is 94.7 Å². The van der Waals surface area contributed by atoms with E-state index in [-0.39, 0.29) is 23.6 Å². The van der Waals surface area contributed by atoms with Crippen molar-refractivity contribution in [2.45, 2.75) is 40.5 Å². The lowest BCUT2D eigenvalue weighted by Crippen LogP contribution is -2.40. The normalized spacial score (nSPS) is 22.6. The van der Waals surface area contributed by atoms with Crippen LogP contribution < -0.4 is 4.90 Å². The van der Waals surface area contributed by atoms with Gasteiger partial charge in [-0.1, -0.05) is 17.7 Å². The number of likely N-dealkylation sites (tertiary alicyclic amines) is 3. The fourth-order valence-electron chi connectivity index (χ4n) is 6.54. The Morgan fingerprint density at radius 2 is 1.65 bits per heavy atom. The standard InChI is InChI=1S/C30H39ClN6O3/c1-19-6-7-26(12-27(19)31)37(29(39)23-8-11-35(15-23)22(4)38)10-5-9-34-13-24-16-36(17-25(24)14-34)30(40)28-20(2)32-18-33-21(28)3/h6-7,12,18,23-25H,5,8-11,13-17H2,1-4H3. The molecule has 1 aromatic carbocycles. The SMILES string of the molecule is CC(=O)N1CCC(C(=O)N(CCCN2CC3CN(C(=O)c4c(C)ncnc4C)CC3C2)c2ccc(C)c(Cl)c2)C1. The quantitative estimate of drug-likeness (QED) is 0.510. The molecule has 3 saturated heterocycles. The van der Waals surface area contributed by atoms with E-state index in [2.05, 4.69) is 14.9 Å². The number of hydrogen-bond acceptors (Lipinski definition) is 6. The molecule has 3 amide bonds. The first-order valence-electron chi connectivity index (χ1n) is 14.2. The predicted molar refractivity (Wildman–Crippen MR) is 154 cm³/mol. The highest BCUT2D eigenvalue weighted by molar-refractivity contribution is 6.31. The largest absolute Gasteiger partial charge is 0.342 e. The zero-order valence-electron chi connectivity index (χ0n) is 23.9. The van der Waals surface area contributed by atoms with Gasteiger partial charge in [-0.15, -0.1) is 0 Å². The van der Waals surface area contributed by atoms with Crippen molar-refractivity contribution in [3.8, 4) is 0 Å². The number of amides is 3. The van der Waals surface area contributed by atoms with E-state index in [0.29, 0.717) is 48.5 Å². The molecule has 3 unspecified atom stereocenters. The highest BCUT2D eigenvalue weighted by Crippen LogP contribution is 2.33. The third-order valence-corrected chi connectivity index (χ3v) is 9.27. The van der Waals surface area contributed by atoms with E-state index in [4.69, 9.17) is 11.6 Å². The Balaban J connectivity index is 1.18. The second-order valence-electron chi connectivity index (χ2n) is 11.6. The Morgan fingerprint density at radius 1 is 0.975 bits per heavy atom. The van der Waals surface area contributed by atoms with Gasteiger partial charge in [0.05, 0.1) is 22.9 Å². The average Bonchev–Trinajstić information content (AvgIpc) is 3.63. The maximum Gasteiger partial charge on any atom is 0.257 e. The number of aromatic nitrogens is 2. The van der Waals surface area contributed by atoms with Crippen LogP contribution in [0.5, 0.6) is 0 Å². The summed E-state index contributed by atoms with van der Waals surface area (Å²) in [6.45, 7) is 13.3. The average molecular weight is 567 g/mol. The van der Waals surface area contributed by atoms with Gasteiger partial charge < -0.3 is 19.6 Å². The summed E-state index contributed by atoms with van der Waals surface area (Å²) in [6, 6.07) is 5.79. The summed E-state index contributed by atoms with van der Waals surface area (Å²) in [7, 11) is 0. The van der Waals surface area contributed by atoms with Gasteiger partial charge in [0.1, 0.15) is 6.33 Å². The smallest absolute Gasteiger partial charge is 0.257 e. The lowest BCUT2D eigenvalue weighted by Gasteiger charge is -2.28. The molecule has 0 radical (unpaired) electrons. The Morgan fingerprint density at radius 3 is 2.25 bits per heavy atom. The van der Waals surface area contributed by atoms with Gasteiger partial charge in [-0.3, -0.25) is 14.4 Å². The number of nitrogens with zero attached hydrogens (tertiary/aromatic N) is 6. The number of halogens is 1. The Hall–Kier alpha value is -3.04. The molecule has 214 valence electrons. The molecule has 1 aromatic heterocycles. The minimum atomic E-state index is -0.194. The molecule has 0 spiro atoms. The van der Waals surface area contributed by atoms with Gasteiger partial charge in [-0.25, -0.2) is 9.97 Å². The number of hydrogen-bond donors (Lipinski definition) is 0. The summed E-state index contributed by atoms with van der Waals surface area (Å²) in [5.74, 6) is 0.838. The van der Waals surface area contributed by atoms with Crippen molar-refractivity contribution < 1.29 is 14.4 Å². The van der Waals surface area contributed by atoms with E-state index in [1.807, 2.05) is 48.8 Å². The topological polar surface area (TPSA) is 90.0 Å². The molecule has 0 bridgehead atoms. The van der Waals surface area contributed by atoms with Gasteiger partial charge in [0.25, 0.3) is 5.91 Å². The number of benzene rings is 1. The lowest BCUT2D eigenvalue weighted by atomic mass is 10.0. The molecule has 2 aromatic rings. The second kappa shape index (κ2) is 11.8. The van der Waals surface area contributed by atoms with E-state index >= 15 is 0 Å². The number of anilines is 1. The fourth-order valence-corrected chi connectivity index (χ4v) is 6.71. The molecule has 0 N–H and O–H groups in total. The minimum Gasteiger partial charge on any atom is -0.342 e. The third kappa shape index (κ3) is 5.86. The molecule has 3 fully saturated rings. The van der Waals surface area contributed by atoms with Gasteiger partial charge in [0.2, 0.25) is 11.8 Å². The molecule has 4 heterocycles. The van der Waals surface area contributed by atoms with Crippen molar-refractivity contribution in [3.63, 3.8) is 0 Å². The van der Waals surface area contributed by atoms with Crippen molar-refractivity contribution >= 4 is 35.0 Å². The molecule has 3 atom stereocenters. The van der Waals surface area contributed by atoms with Crippen molar-refractivity contribution in [2.24, 2.45) is 17.8 Å². The summed E-state index contributed by atoms with van der Waals surface area (Å²) >= 11 is 6.44. The van der Waals surface area contributed by atoms with Gasteiger partial charge in [-0.2, -0.15) is 0 Å². The minimum absolute atomic E-state index is 0.0162. The van der Waals surface area contributed by atoms with Gasteiger partial charge in [0, 0.05) is 63.4 Å². The zero-order chi connectivity index (χ0) is 28.6. The molecule has 3 aliphatic rings. The zero-order valence-corrected chi connectivity index (χ0v) is 24.7. The highest BCUT2D eigenvalue weighted by Gasteiger charge is 2.42. The number of fused-ring (bicyclic) bond motifs is 1. The highest BCUT2D eigenvalue weighted by atomic mass is 35.5. The first kappa shape index (κ1) is 28.5. The molecule has 0 saturated carbocycles. The van der Waals surface area contributed by atoms with Gasteiger partial charge in [0.15, 0.2) is 0 Å². The van der Waals surface area contributed by atoms with E-state index in [0.717, 1.165) is 61.8 Å². The second-order valence-corrected chi connectivity index (χ2v) is 12.0. The van der Waals surface area contributed by atoms with Crippen molar-refractivity contribution in [3.05, 3.63) is 52.1 Å². The summed E-state index contributed by atoms with van der Waals surface area (Å²) < 4.78 is 0. The number of carbonyl (C=O) groups excluding carboxylic acids is 3.